The van der Waals surface area contributed by atoms with Gasteiger partial charge in [0.2, 0.25) is 0 Å². The fourth-order valence-electron chi connectivity index (χ4n) is 5.00. The van der Waals surface area contributed by atoms with E-state index in [4.69, 9.17) is 0 Å². The Kier molecular flexibility index (Phi) is 5.72. The molecule has 4 nitrogen and oxygen atoms in total. The van der Waals surface area contributed by atoms with E-state index in [0.717, 1.165) is 44.6 Å². The number of fused-ring (bicyclic) bond motifs is 1. The minimum absolute atomic E-state index is 0.0234. The molecule has 3 aromatic rings. The molecule has 0 saturated carbocycles. The van der Waals surface area contributed by atoms with E-state index < -0.39 is 0 Å². The van der Waals surface area contributed by atoms with Crippen molar-refractivity contribution in [1.29, 1.82) is 0 Å². The number of anilines is 1. The molecule has 3 aromatic carbocycles. The average Bonchev–Trinajstić information content (AvgIpc) is 2.83. The van der Waals surface area contributed by atoms with Gasteiger partial charge < -0.3 is 15.1 Å². The summed E-state index contributed by atoms with van der Waals surface area (Å²) in [7, 11) is 0. The topological polar surface area (TPSA) is 35.6 Å². The van der Waals surface area contributed by atoms with E-state index in [9.17, 15) is 4.79 Å². The number of urea groups is 1. The van der Waals surface area contributed by atoms with Gasteiger partial charge in [0.15, 0.2) is 0 Å². The van der Waals surface area contributed by atoms with Gasteiger partial charge in [0, 0.05) is 36.9 Å². The van der Waals surface area contributed by atoms with Crippen LogP contribution >= 0.6 is 0 Å². The first-order valence-electron chi connectivity index (χ1n) is 11.3. The first kappa shape index (κ1) is 19.8. The molecule has 0 aliphatic carbocycles. The van der Waals surface area contributed by atoms with E-state index in [1.807, 2.05) is 18.2 Å². The molecular formula is C27H29N3O. The summed E-state index contributed by atoms with van der Waals surface area (Å²) >= 11 is 0. The van der Waals surface area contributed by atoms with Crippen molar-refractivity contribution in [3.8, 4) is 0 Å². The Bertz CT molecular complexity index is 1010. The number of nitrogens with zero attached hydrogens (tertiary/aromatic N) is 2. The van der Waals surface area contributed by atoms with E-state index in [0.29, 0.717) is 0 Å². The number of benzene rings is 3. The highest BCUT2D eigenvalue weighted by molar-refractivity contribution is 5.93. The molecule has 0 spiro atoms. The molecule has 1 atom stereocenters. The summed E-state index contributed by atoms with van der Waals surface area (Å²) < 4.78 is 0. The van der Waals surface area contributed by atoms with Crippen molar-refractivity contribution in [3.05, 3.63) is 102 Å². The van der Waals surface area contributed by atoms with E-state index in [2.05, 4.69) is 81.8 Å². The molecule has 2 aliphatic heterocycles. The number of nitrogens with one attached hydrogen (secondary N) is 1. The lowest BCUT2D eigenvalue weighted by molar-refractivity contribution is 0.109. The first-order chi connectivity index (χ1) is 15.3. The van der Waals surface area contributed by atoms with Gasteiger partial charge in [-0.15, -0.1) is 0 Å². The summed E-state index contributed by atoms with van der Waals surface area (Å²) in [5, 5.41) is 3.14. The van der Waals surface area contributed by atoms with Gasteiger partial charge in [-0.1, -0.05) is 78.9 Å². The van der Waals surface area contributed by atoms with Crippen LogP contribution in [0.1, 0.15) is 35.6 Å². The zero-order valence-electron chi connectivity index (χ0n) is 17.8. The molecule has 1 saturated heterocycles. The molecule has 2 amide bonds. The molecule has 0 bridgehead atoms. The van der Waals surface area contributed by atoms with Gasteiger partial charge >= 0.3 is 6.03 Å². The standard InChI is InChI=1S/C27H29N3O/c31-27-28-25-14-8-7-13-24(25)26(22-11-5-2-6-12-22)30(27)23-16-19-29(20-17-23)18-15-21-9-3-1-4-10-21/h1-14,23,26H,15-20H2,(H,28,31). The lowest BCUT2D eigenvalue weighted by atomic mass is 9.90. The minimum atomic E-state index is -0.0352. The Labute approximate surface area is 184 Å². The van der Waals surface area contributed by atoms with Crippen LogP contribution in [0, 0.1) is 0 Å². The minimum Gasteiger partial charge on any atom is -0.310 e. The van der Waals surface area contributed by atoms with Crippen LogP contribution < -0.4 is 5.32 Å². The molecule has 2 aliphatic rings. The normalized spacial score (nSPS) is 19.7. The van der Waals surface area contributed by atoms with Crippen LogP contribution in [0.25, 0.3) is 0 Å². The van der Waals surface area contributed by atoms with E-state index >= 15 is 0 Å². The molecule has 1 unspecified atom stereocenters. The molecule has 2 heterocycles. The van der Waals surface area contributed by atoms with Gasteiger partial charge in [0.25, 0.3) is 0 Å². The molecule has 0 radical (unpaired) electrons. The Morgan fingerprint density at radius 1 is 0.806 bits per heavy atom. The van der Waals surface area contributed by atoms with Crippen molar-refractivity contribution in [2.24, 2.45) is 0 Å². The second kappa shape index (κ2) is 8.94. The molecule has 1 N–H and O–H groups in total. The van der Waals surface area contributed by atoms with Crippen molar-refractivity contribution in [1.82, 2.24) is 9.80 Å². The van der Waals surface area contributed by atoms with Crippen LogP contribution in [0.5, 0.6) is 0 Å². The lowest BCUT2D eigenvalue weighted by Crippen LogP contribution is -2.52. The monoisotopic (exact) mass is 411 g/mol. The van der Waals surface area contributed by atoms with Crippen LogP contribution in [-0.2, 0) is 6.42 Å². The van der Waals surface area contributed by atoms with Crippen molar-refractivity contribution < 1.29 is 4.79 Å². The summed E-state index contributed by atoms with van der Waals surface area (Å²) in [5.74, 6) is 0. The predicted molar refractivity (Wildman–Crippen MR) is 125 cm³/mol. The zero-order chi connectivity index (χ0) is 21.0. The SMILES string of the molecule is O=C1Nc2ccccc2C(c2ccccc2)N1C1CCN(CCc2ccccc2)CC1. The highest BCUT2D eigenvalue weighted by Crippen LogP contribution is 2.40. The molecule has 4 heteroatoms. The fraction of sp³-hybridized carbons (Fsp3) is 0.296. The number of hydrogen-bond donors (Lipinski definition) is 1. The molecule has 31 heavy (non-hydrogen) atoms. The molecular weight excluding hydrogens is 382 g/mol. The Hall–Kier alpha value is -3.11. The Morgan fingerprint density at radius 2 is 1.45 bits per heavy atom. The number of piperidine rings is 1. The molecule has 5 rings (SSSR count). The van der Waals surface area contributed by atoms with Gasteiger partial charge in [0.05, 0.1) is 6.04 Å². The van der Waals surface area contributed by atoms with Crippen LogP contribution in [0.2, 0.25) is 0 Å². The van der Waals surface area contributed by atoms with Gasteiger partial charge in [-0.05, 0) is 36.5 Å². The summed E-state index contributed by atoms with van der Waals surface area (Å²) in [5.41, 5.74) is 4.68. The molecule has 1 fully saturated rings. The summed E-state index contributed by atoms with van der Waals surface area (Å²) in [6.45, 7) is 3.14. The Balaban J connectivity index is 1.32. The number of carbonyl (C=O) groups excluding carboxylic acids is 1. The van der Waals surface area contributed by atoms with Gasteiger partial charge in [-0.25, -0.2) is 4.79 Å². The van der Waals surface area contributed by atoms with Gasteiger partial charge in [-0.3, -0.25) is 0 Å². The zero-order valence-corrected chi connectivity index (χ0v) is 17.8. The third kappa shape index (κ3) is 4.21. The summed E-state index contributed by atoms with van der Waals surface area (Å²) in [4.78, 5) is 17.9. The number of para-hydroxylation sites is 1. The quantitative estimate of drug-likeness (QED) is 0.616. The third-order valence-corrected chi connectivity index (χ3v) is 6.63. The smallest absolute Gasteiger partial charge is 0.310 e. The lowest BCUT2D eigenvalue weighted by Gasteiger charge is -2.45. The summed E-state index contributed by atoms with van der Waals surface area (Å²) in [6.07, 6.45) is 3.09. The second-order valence-electron chi connectivity index (χ2n) is 8.55. The van der Waals surface area contributed by atoms with Gasteiger partial charge in [-0.2, -0.15) is 0 Å². The first-order valence-corrected chi connectivity index (χ1v) is 11.3. The van der Waals surface area contributed by atoms with Gasteiger partial charge in [0.1, 0.15) is 0 Å². The maximum Gasteiger partial charge on any atom is 0.322 e. The average molecular weight is 412 g/mol. The fourth-order valence-corrected chi connectivity index (χ4v) is 5.00. The number of amides is 2. The number of carbonyl (C=O) groups is 1. The maximum absolute atomic E-state index is 13.2. The van der Waals surface area contributed by atoms with Crippen molar-refractivity contribution in [2.75, 3.05) is 25.0 Å². The van der Waals surface area contributed by atoms with Crippen LogP contribution in [0.15, 0.2) is 84.9 Å². The van der Waals surface area contributed by atoms with Crippen molar-refractivity contribution in [3.63, 3.8) is 0 Å². The van der Waals surface area contributed by atoms with E-state index in [-0.39, 0.29) is 18.1 Å². The van der Waals surface area contributed by atoms with Crippen LogP contribution in [-0.4, -0.2) is 41.5 Å². The summed E-state index contributed by atoms with van der Waals surface area (Å²) in [6, 6.07) is 29.6. The highest BCUT2D eigenvalue weighted by Gasteiger charge is 2.38. The number of hydrogen-bond acceptors (Lipinski definition) is 2. The van der Waals surface area contributed by atoms with E-state index in [1.165, 1.54) is 16.7 Å². The largest absolute Gasteiger partial charge is 0.322 e. The predicted octanol–water partition coefficient (Wildman–Crippen LogP) is 5.33. The van der Waals surface area contributed by atoms with E-state index in [1.54, 1.807) is 0 Å². The maximum atomic E-state index is 13.2. The Morgan fingerprint density at radius 3 is 2.19 bits per heavy atom. The van der Waals surface area contributed by atoms with Crippen LogP contribution in [0.3, 0.4) is 0 Å². The van der Waals surface area contributed by atoms with Crippen molar-refractivity contribution >= 4 is 11.7 Å². The molecule has 0 aromatic heterocycles. The number of rotatable bonds is 5. The highest BCUT2D eigenvalue weighted by atomic mass is 16.2. The number of likely N-dealkylation sites (tertiary alicyclic amines) is 1. The van der Waals surface area contributed by atoms with Crippen molar-refractivity contribution in [2.45, 2.75) is 31.3 Å². The molecule has 158 valence electrons. The second-order valence-corrected chi connectivity index (χ2v) is 8.55. The van der Waals surface area contributed by atoms with Crippen LogP contribution in [0.4, 0.5) is 10.5 Å². The third-order valence-electron chi connectivity index (χ3n) is 6.63.